The van der Waals surface area contributed by atoms with Gasteiger partial charge in [-0.3, -0.25) is 9.59 Å². The number of amides is 2. The number of nitrogens with one attached hydrogen (secondary N) is 2. The van der Waals surface area contributed by atoms with Crippen molar-refractivity contribution in [1.82, 2.24) is 20.5 Å². The van der Waals surface area contributed by atoms with Crippen molar-refractivity contribution >= 4 is 17.6 Å². The molecule has 2 aliphatic rings. The van der Waals surface area contributed by atoms with Gasteiger partial charge in [-0.1, -0.05) is 6.07 Å². The molecule has 2 amide bonds. The molecule has 1 unspecified atom stereocenters. The van der Waals surface area contributed by atoms with Crippen LogP contribution in [0.4, 0.5) is 5.82 Å². The molecule has 0 bridgehead atoms. The Kier molecular flexibility index (Phi) is 5.30. The summed E-state index contributed by atoms with van der Waals surface area (Å²) in [6.45, 7) is 5.00. The third kappa shape index (κ3) is 4.23. The maximum atomic E-state index is 12.1. The van der Waals surface area contributed by atoms with Crippen LogP contribution < -0.4 is 15.5 Å². The SMILES string of the molecule is CN1CCN(c2ccc(CNC(=O)C3CCC(=O)NC3)cn2)CC1. The van der Waals surface area contributed by atoms with Crippen molar-refractivity contribution in [2.45, 2.75) is 19.4 Å². The fourth-order valence-corrected chi connectivity index (χ4v) is 3.03. The van der Waals surface area contributed by atoms with Crippen molar-refractivity contribution in [2.24, 2.45) is 5.92 Å². The van der Waals surface area contributed by atoms with Gasteiger partial charge in [0, 0.05) is 51.9 Å². The molecule has 3 heterocycles. The molecule has 3 rings (SSSR count). The van der Waals surface area contributed by atoms with Crippen molar-refractivity contribution in [3.05, 3.63) is 23.9 Å². The van der Waals surface area contributed by atoms with E-state index in [1.807, 2.05) is 18.3 Å². The number of hydrogen-bond acceptors (Lipinski definition) is 5. The van der Waals surface area contributed by atoms with Gasteiger partial charge in [0.05, 0.1) is 5.92 Å². The summed E-state index contributed by atoms with van der Waals surface area (Å²) in [7, 11) is 2.13. The zero-order valence-corrected chi connectivity index (χ0v) is 14.1. The number of likely N-dealkylation sites (N-methyl/N-ethyl adjacent to an activating group) is 1. The summed E-state index contributed by atoms with van der Waals surface area (Å²) < 4.78 is 0. The molecule has 0 spiro atoms. The van der Waals surface area contributed by atoms with Crippen LogP contribution in [0.5, 0.6) is 0 Å². The number of nitrogens with zero attached hydrogens (tertiary/aromatic N) is 3. The highest BCUT2D eigenvalue weighted by atomic mass is 16.2. The number of anilines is 1. The molecule has 2 fully saturated rings. The average Bonchev–Trinajstić information content (AvgIpc) is 2.61. The van der Waals surface area contributed by atoms with Crippen molar-refractivity contribution in [3.63, 3.8) is 0 Å². The van der Waals surface area contributed by atoms with Gasteiger partial charge in [-0.2, -0.15) is 0 Å². The highest BCUT2D eigenvalue weighted by Gasteiger charge is 2.24. The summed E-state index contributed by atoms with van der Waals surface area (Å²) >= 11 is 0. The molecule has 0 aromatic carbocycles. The zero-order valence-electron chi connectivity index (χ0n) is 14.1. The Hall–Kier alpha value is -2.15. The Bertz CT molecular complexity index is 571. The predicted octanol–water partition coefficient (Wildman–Crippen LogP) is -0.0242. The Morgan fingerprint density at radius 2 is 2.12 bits per heavy atom. The first kappa shape index (κ1) is 16.7. The van der Waals surface area contributed by atoms with E-state index >= 15 is 0 Å². The third-order valence-corrected chi connectivity index (χ3v) is 4.74. The monoisotopic (exact) mass is 331 g/mol. The van der Waals surface area contributed by atoms with Crippen LogP contribution in [0.15, 0.2) is 18.3 Å². The van der Waals surface area contributed by atoms with Gasteiger partial charge >= 0.3 is 0 Å². The Morgan fingerprint density at radius 3 is 2.75 bits per heavy atom. The van der Waals surface area contributed by atoms with Gasteiger partial charge < -0.3 is 20.4 Å². The molecule has 0 aliphatic carbocycles. The first-order valence-corrected chi connectivity index (χ1v) is 8.54. The van der Waals surface area contributed by atoms with Gasteiger partial charge in [0.15, 0.2) is 0 Å². The topological polar surface area (TPSA) is 77.6 Å². The van der Waals surface area contributed by atoms with Gasteiger partial charge in [0.2, 0.25) is 11.8 Å². The van der Waals surface area contributed by atoms with Crippen LogP contribution in [0.3, 0.4) is 0 Å². The summed E-state index contributed by atoms with van der Waals surface area (Å²) in [6.07, 6.45) is 2.88. The molecule has 24 heavy (non-hydrogen) atoms. The summed E-state index contributed by atoms with van der Waals surface area (Å²) in [5.74, 6) is 0.898. The quantitative estimate of drug-likeness (QED) is 0.811. The predicted molar refractivity (Wildman–Crippen MR) is 91.5 cm³/mol. The van der Waals surface area contributed by atoms with Crippen molar-refractivity contribution in [1.29, 1.82) is 0 Å². The minimum Gasteiger partial charge on any atom is -0.355 e. The number of hydrogen-bond donors (Lipinski definition) is 2. The molecule has 2 N–H and O–H groups in total. The molecule has 7 heteroatoms. The van der Waals surface area contributed by atoms with Crippen molar-refractivity contribution < 1.29 is 9.59 Å². The van der Waals surface area contributed by atoms with Gasteiger partial charge in [0.1, 0.15) is 5.82 Å². The van der Waals surface area contributed by atoms with E-state index in [2.05, 4.69) is 32.5 Å². The first-order valence-electron chi connectivity index (χ1n) is 8.54. The summed E-state index contributed by atoms with van der Waals surface area (Å²) in [5, 5.41) is 5.67. The number of aromatic nitrogens is 1. The second-order valence-electron chi connectivity index (χ2n) is 6.57. The molecule has 2 saturated heterocycles. The maximum Gasteiger partial charge on any atom is 0.225 e. The normalized spacial score (nSPS) is 22.1. The molecule has 0 radical (unpaired) electrons. The minimum absolute atomic E-state index is 0.00172. The molecule has 0 saturated carbocycles. The van der Waals surface area contributed by atoms with Crippen LogP contribution in [0.1, 0.15) is 18.4 Å². The number of pyridine rings is 1. The number of carbonyl (C=O) groups excluding carboxylic acids is 2. The van der Waals surface area contributed by atoms with Crippen molar-refractivity contribution in [3.8, 4) is 0 Å². The Balaban J connectivity index is 1.47. The molecule has 2 aliphatic heterocycles. The Morgan fingerprint density at radius 1 is 1.33 bits per heavy atom. The van der Waals surface area contributed by atoms with Crippen LogP contribution in [-0.4, -0.2) is 61.5 Å². The van der Waals surface area contributed by atoms with Gasteiger partial charge in [-0.15, -0.1) is 0 Å². The standard InChI is InChI=1S/C17H25N5O2/c1-21-6-8-22(9-7-21)15-4-2-13(10-18-15)11-20-17(24)14-3-5-16(23)19-12-14/h2,4,10,14H,3,5-9,11-12H2,1H3,(H,19,23)(H,20,24). The number of piperidine rings is 1. The summed E-state index contributed by atoms with van der Waals surface area (Å²) in [4.78, 5) is 32.4. The molecule has 130 valence electrons. The van der Waals surface area contributed by atoms with E-state index in [1.165, 1.54) is 0 Å². The third-order valence-electron chi connectivity index (χ3n) is 4.74. The largest absolute Gasteiger partial charge is 0.355 e. The van der Waals surface area contributed by atoms with Crippen LogP contribution in [0, 0.1) is 5.92 Å². The first-order chi connectivity index (χ1) is 11.6. The maximum absolute atomic E-state index is 12.1. The number of piperazine rings is 1. The molecule has 1 aromatic heterocycles. The number of rotatable bonds is 4. The van der Waals surface area contributed by atoms with E-state index < -0.39 is 0 Å². The lowest BCUT2D eigenvalue weighted by atomic mass is 9.98. The van der Waals surface area contributed by atoms with Crippen LogP contribution in [0.25, 0.3) is 0 Å². The van der Waals surface area contributed by atoms with Gasteiger partial charge in [-0.05, 0) is 25.1 Å². The van der Waals surface area contributed by atoms with Gasteiger partial charge in [-0.25, -0.2) is 4.98 Å². The van der Waals surface area contributed by atoms with Crippen LogP contribution in [0.2, 0.25) is 0 Å². The lowest BCUT2D eigenvalue weighted by molar-refractivity contribution is -0.129. The van der Waals surface area contributed by atoms with E-state index in [4.69, 9.17) is 0 Å². The molecule has 7 nitrogen and oxygen atoms in total. The van der Waals surface area contributed by atoms with Gasteiger partial charge in [0.25, 0.3) is 0 Å². The van der Waals surface area contributed by atoms with Crippen LogP contribution in [-0.2, 0) is 16.1 Å². The summed E-state index contributed by atoms with van der Waals surface area (Å²) in [6, 6.07) is 4.04. The minimum atomic E-state index is -0.125. The highest BCUT2D eigenvalue weighted by Crippen LogP contribution is 2.14. The summed E-state index contributed by atoms with van der Waals surface area (Å²) in [5.41, 5.74) is 0.987. The lowest BCUT2D eigenvalue weighted by Gasteiger charge is -2.33. The fourth-order valence-electron chi connectivity index (χ4n) is 3.03. The van der Waals surface area contributed by atoms with E-state index in [1.54, 1.807) is 0 Å². The number of carbonyl (C=O) groups is 2. The zero-order chi connectivity index (χ0) is 16.9. The molecule has 1 aromatic rings. The fraction of sp³-hybridized carbons (Fsp3) is 0.588. The second-order valence-corrected chi connectivity index (χ2v) is 6.57. The molecule has 1 atom stereocenters. The van der Waals surface area contributed by atoms with E-state index in [0.29, 0.717) is 25.9 Å². The lowest BCUT2D eigenvalue weighted by Crippen LogP contribution is -2.44. The highest BCUT2D eigenvalue weighted by molar-refractivity contribution is 5.83. The van der Waals surface area contributed by atoms with Crippen LogP contribution >= 0.6 is 0 Å². The molecular weight excluding hydrogens is 306 g/mol. The average molecular weight is 331 g/mol. The molecular formula is C17H25N5O2. The van der Waals surface area contributed by atoms with E-state index in [-0.39, 0.29) is 17.7 Å². The smallest absolute Gasteiger partial charge is 0.225 e. The van der Waals surface area contributed by atoms with Crippen molar-refractivity contribution in [2.75, 3.05) is 44.7 Å². The second kappa shape index (κ2) is 7.61. The van der Waals surface area contributed by atoms with E-state index in [9.17, 15) is 9.59 Å². The Labute approximate surface area is 142 Å². The van der Waals surface area contributed by atoms with E-state index in [0.717, 1.165) is 37.6 Å².